The van der Waals surface area contributed by atoms with E-state index < -0.39 is 9.84 Å². The SMILES string of the molecule is CN=C(NCc1ccccc1N1CCOCC1)NC1CCS(=O)(=O)C1.I. The predicted molar refractivity (Wildman–Crippen MR) is 115 cm³/mol. The van der Waals surface area contributed by atoms with Crippen LogP contribution >= 0.6 is 24.0 Å². The standard InChI is InChI=1S/C17H26N4O3S.HI/c1-18-17(20-15-6-11-25(22,23)13-15)19-12-14-4-2-3-5-16(14)21-7-9-24-10-8-21;/h2-5,15H,6-13H2,1H3,(H2,18,19,20);1H. The minimum atomic E-state index is -2.90. The molecule has 0 spiro atoms. The summed E-state index contributed by atoms with van der Waals surface area (Å²) < 4.78 is 28.6. The average molecular weight is 494 g/mol. The molecule has 0 aromatic heterocycles. The van der Waals surface area contributed by atoms with E-state index >= 15 is 0 Å². The molecule has 0 aliphatic carbocycles. The molecule has 9 heteroatoms. The highest BCUT2D eigenvalue weighted by Gasteiger charge is 2.28. The summed E-state index contributed by atoms with van der Waals surface area (Å²) in [5.41, 5.74) is 2.39. The Morgan fingerprint density at radius 1 is 1.31 bits per heavy atom. The van der Waals surface area contributed by atoms with E-state index in [0.717, 1.165) is 26.3 Å². The molecule has 146 valence electrons. The molecule has 2 N–H and O–H groups in total. The predicted octanol–water partition coefficient (Wildman–Crippen LogP) is 0.993. The minimum absolute atomic E-state index is 0. The van der Waals surface area contributed by atoms with Crippen LogP contribution in [0.25, 0.3) is 0 Å². The highest BCUT2D eigenvalue weighted by molar-refractivity contribution is 14.0. The van der Waals surface area contributed by atoms with Gasteiger partial charge in [-0.05, 0) is 18.1 Å². The van der Waals surface area contributed by atoms with Gasteiger partial charge in [0.25, 0.3) is 0 Å². The number of sulfone groups is 1. The zero-order valence-electron chi connectivity index (χ0n) is 15.0. The van der Waals surface area contributed by atoms with Gasteiger partial charge in [0.05, 0.1) is 24.7 Å². The molecule has 7 nitrogen and oxygen atoms in total. The topological polar surface area (TPSA) is 83.0 Å². The Morgan fingerprint density at radius 3 is 2.69 bits per heavy atom. The van der Waals surface area contributed by atoms with E-state index in [-0.39, 0.29) is 41.5 Å². The van der Waals surface area contributed by atoms with Crippen molar-refractivity contribution < 1.29 is 13.2 Å². The molecule has 0 bridgehead atoms. The largest absolute Gasteiger partial charge is 0.378 e. The molecule has 2 saturated heterocycles. The fourth-order valence-electron chi connectivity index (χ4n) is 3.25. The van der Waals surface area contributed by atoms with Crippen molar-refractivity contribution in [3.8, 4) is 0 Å². The van der Waals surface area contributed by atoms with Crippen molar-refractivity contribution in [1.29, 1.82) is 0 Å². The van der Waals surface area contributed by atoms with Gasteiger partial charge in [-0.1, -0.05) is 18.2 Å². The quantitative estimate of drug-likeness (QED) is 0.369. The van der Waals surface area contributed by atoms with Gasteiger partial charge in [0.1, 0.15) is 0 Å². The third-order valence-corrected chi connectivity index (χ3v) is 6.35. The van der Waals surface area contributed by atoms with Gasteiger partial charge < -0.3 is 20.3 Å². The molecule has 0 saturated carbocycles. The summed E-state index contributed by atoms with van der Waals surface area (Å²) in [5, 5.41) is 6.52. The number of hydrogen-bond donors (Lipinski definition) is 2. The number of rotatable bonds is 4. The van der Waals surface area contributed by atoms with E-state index in [9.17, 15) is 8.42 Å². The van der Waals surface area contributed by atoms with Crippen LogP contribution in [0.3, 0.4) is 0 Å². The van der Waals surface area contributed by atoms with Crippen molar-refractivity contribution in [3.05, 3.63) is 29.8 Å². The lowest BCUT2D eigenvalue weighted by Crippen LogP contribution is -2.44. The number of para-hydroxylation sites is 1. The minimum Gasteiger partial charge on any atom is -0.378 e. The highest BCUT2D eigenvalue weighted by atomic mass is 127. The Labute approximate surface area is 172 Å². The first-order chi connectivity index (χ1) is 12.1. The molecule has 0 amide bonds. The summed E-state index contributed by atoms with van der Waals surface area (Å²) in [6, 6.07) is 8.24. The number of aliphatic imine (C=N–C) groups is 1. The van der Waals surface area contributed by atoms with E-state index in [1.165, 1.54) is 11.3 Å². The van der Waals surface area contributed by atoms with Crippen LogP contribution in [0.4, 0.5) is 5.69 Å². The van der Waals surface area contributed by atoms with Crippen LogP contribution in [-0.2, 0) is 21.1 Å². The van der Waals surface area contributed by atoms with Crippen LogP contribution in [0.1, 0.15) is 12.0 Å². The number of morpholine rings is 1. The molecule has 0 radical (unpaired) electrons. The summed E-state index contributed by atoms with van der Waals surface area (Å²) in [7, 11) is -1.20. The van der Waals surface area contributed by atoms with Gasteiger partial charge in [0.15, 0.2) is 15.8 Å². The van der Waals surface area contributed by atoms with Crippen LogP contribution in [0.2, 0.25) is 0 Å². The molecule has 2 aliphatic heterocycles. The second-order valence-electron chi connectivity index (χ2n) is 6.40. The van der Waals surface area contributed by atoms with Crippen LogP contribution in [0.15, 0.2) is 29.3 Å². The number of benzene rings is 1. The van der Waals surface area contributed by atoms with Gasteiger partial charge >= 0.3 is 0 Å². The number of ether oxygens (including phenoxy) is 1. The Bertz CT molecular complexity index is 720. The number of halogens is 1. The maximum Gasteiger partial charge on any atom is 0.191 e. The maximum atomic E-state index is 11.6. The Kier molecular flexibility index (Phi) is 7.96. The Morgan fingerprint density at radius 2 is 2.04 bits per heavy atom. The van der Waals surface area contributed by atoms with E-state index in [1.807, 2.05) is 12.1 Å². The lowest BCUT2D eigenvalue weighted by atomic mass is 10.1. The zero-order valence-corrected chi connectivity index (χ0v) is 18.1. The summed E-state index contributed by atoms with van der Waals surface area (Å²) in [6.07, 6.45) is 0.632. The molecular weight excluding hydrogens is 467 g/mol. The third kappa shape index (κ3) is 5.71. The molecule has 2 heterocycles. The van der Waals surface area contributed by atoms with Crippen molar-refractivity contribution >= 4 is 45.5 Å². The van der Waals surface area contributed by atoms with Crippen molar-refractivity contribution in [2.24, 2.45) is 4.99 Å². The van der Waals surface area contributed by atoms with E-state index in [1.54, 1.807) is 7.05 Å². The second kappa shape index (κ2) is 9.75. The monoisotopic (exact) mass is 494 g/mol. The van der Waals surface area contributed by atoms with Gasteiger partial charge in [0, 0.05) is 38.4 Å². The highest BCUT2D eigenvalue weighted by Crippen LogP contribution is 2.21. The fourth-order valence-corrected chi connectivity index (χ4v) is 4.92. The van der Waals surface area contributed by atoms with Crippen molar-refractivity contribution in [2.75, 3.05) is 49.8 Å². The van der Waals surface area contributed by atoms with Gasteiger partial charge in [-0.3, -0.25) is 4.99 Å². The second-order valence-corrected chi connectivity index (χ2v) is 8.63. The van der Waals surface area contributed by atoms with Gasteiger partial charge in [-0.15, -0.1) is 24.0 Å². The summed E-state index contributed by atoms with van der Waals surface area (Å²) >= 11 is 0. The van der Waals surface area contributed by atoms with Gasteiger partial charge in [-0.2, -0.15) is 0 Å². The lowest BCUT2D eigenvalue weighted by molar-refractivity contribution is 0.122. The molecule has 1 aromatic carbocycles. The molecule has 1 atom stereocenters. The van der Waals surface area contributed by atoms with Gasteiger partial charge in [-0.25, -0.2) is 8.42 Å². The lowest BCUT2D eigenvalue weighted by Gasteiger charge is -2.30. The zero-order chi connectivity index (χ0) is 17.7. The number of guanidine groups is 1. The number of nitrogens with zero attached hydrogens (tertiary/aromatic N) is 2. The first-order valence-electron chi connectivity index (χ1n) is 8.65. The van der Waals surface area contributed by atoms with Gasteiger partial charge in [0.2, 0.25) is 0 Å². The molecular formula is C17H27IN4O3S. The summed E-state index contributed by atoms with van der Waals surface area (Å²) in [5.74, 6) is 1.07. The summed E-state index contributed by atoms with van der Waals surface area (Å²) in [6.45, 7) is 3.92. The molecule has 1 unspecified atom stereocenters. The molecule has 2 aliphatic rings. The first-order valence-corrected chi connectivity index (χ1v) is 10.5. The van der Waals surface area contributed by atoms with E-state index in [4.69, 9.17) is 4.74 Å². The fraction of sp³-hybridized carbons (Fsp3) is 0.588. The molecule has 3 rings (SSSR count). The Hall–Kier alpha value is -1.07. The van der Waals surface area contributed by atoms with Crippen molar-refractivity contribution in [3.63, 3.8) is 0 Å². The number of nitrogens with one attached hydrogen (secondary N) is 2. The van der Waals surface area contributed by atoms with Crippen LogP contribution in [0.5, 0.6) is 0 Å². The van der Waals surface area contributed by atoms with Crippen molar-refractivity contribution in [2.45, 2.75) is 19.0 Å². The van der Waals surface area contributed by atoms with Crippen LogP contribution in [0, 0.1) is 0 Å². The molecule has 1 aromatic rings. The van der Waals surface area contributed by atoms with E-state index in [2.05, 4.69) is 32.7 Å². The number of hydrogen-bond acceptors (Lipinski definition) is 5. The van der Waals surface area contributed by atoms with Crippen molar-refractivity contribution in [1.82, 2.24) is 10.6 Å². The molecule has 26 heavy (non-hydrogen) atoms. The van der Waals surface area contributed by atoms with E-state index in [0.29, 0.717) is 18.9 Å². The average Bonchev–Trinajstić information content (AvgIpc) is 2.98. The number of anilines is 1. The maximum absolute atomic E-state index is 11.6. The van der Waals surface area contributed by atoms with Crippen LogP contribution in [-0.4, -0.2) is 65.3 Å². The first kappa shape index (κ1) is 21.2. The normalized spacial score (nSPS) is 22.6. The van der Waals surface area contributed by atoms with Crippen LogP contribution < -0.4 is 15.5 Å². The smallest absolute Gasteiger partial charge is 0.191 e. The Balaban J connectivity index is 0.00000243. The third-order valence-electron chi connectivity index (χ3n) is 4.59. The molecule has 2 fully saturated rings. The summed E-state index contributed by atoms with van der Waals surface area (Å²) in [4.78, 5) is 6.56.